The summed E-state index contributed by atoms with van der Waals surface area (Å²) in [6, 6.07) is 25.8. The maximum Gasteiger partial charge on any atom is 0.262 e. The quantitative estimate of drug-likeness (QED) is 0.615. The zero-order chi connectivity index (χ0) is 18.8. The summed E-state index contributed by atoms with van der Waals surface area (Å²) in [5.74, 6) is -0.556. The summed E-state index contributed by atoms with van der Waals surface area (Å²) in [4.78, 5) is 27.7. The highest BCUT2D eigenvalue weighted by Gasteiger charge is 2.39. The molecule has 1 aliphatic heterocycles. The van der Waals surface area contributed by atoms with E-state index >= 15 is 0 Å². The molecule has 27 heavy (non-hydrogen) atoms. The van der Waals surface area contributed by atoms with Gasteiger partial charge < -0.3 is 0 Å². The van der Waals surface area contributed by atoms with Crippen LogP contribution >= 0.6 is 11.6 Å². The van der Waals surface area contributed by atoms with Crippen molar-refractivity contribution in [1.82, 2.24) is 4.90 Å². The molecule has 0 aliphatic carbocycles. The summed E-state index contributed by atoms with van der Waals surface area (Å²) in [7, 11) is 0. The number of hydrogen-bond donors (Lipinski definition) is 0. The Bertz CT molecular complexity index is 963. The minimum Gasteiger partial charge on any atom is -0.270 e. The molecule has 3 nitrogen and oxygen atoms in total. The summed E-state index contributed by atoms with van der Waals surface area (Å²) in [6.45, 7) is 0.210. The topological polar surface area (TPSA) is 37.4 Å². The Hall–Kier alpha value is -3.17. The first-order valence-corrected chi connectivity index (χ1v) is 8.98. The van der Waals surface area contributed by atoms with Crippen molar-refractivity contribution < 1.29 is 9.59 Å². The summed E-state index contributed by atoms with van der Waals surface area (Å²) in [5.41, 5.74) is 3.23. The molecule has 0 N–H and O–H groups in total. The molecular formula is C23H16ClNO2. The fourth-order valence-corrected chi connectivity index (χ4v) is 3.36. The first kappa shape index (κ1) is 17.3. The zero-order valence-corrected chi connectivity index (χ0v) is 15.2. The van der Waals surface area contributed by atoms with Gasteiger partial charge >= 0.3 is 0 Å². The smallest absolute Gasteiger partial charge is 0.262 e. The molecule has 0 aromatic heterocycles. The highest BCUT2D eigenvalue weighted by Crippen LogP contribution is 2.36. The molecule has 0 radical (unpaired) electrons. The second-order valence-electron chi connectivity index (χ2n) is 6.30. The maximum atomic E-state index is 13.2. The number of hydrogen-bond acceptors (Lipinski definition) is 2. The van der Waals surface area contributed by atoms with Gasteiger partial charge in [-0.15, -0.1) is 0 Å². The van der Waals surface area contributed by atoms with Crippen molar-refractivity contribution in [3.63, 3.8) is 0 Å². The number of amides is 2. The van der Waals surface area contributed by atoms with Crippen LogP contribution in [0.2, 0.25) is 5.02 Å². The summed E-state index contributed by atoms with van der Waals surface area (Å²) in [6.07, 6.45) is 0. The van der Waals surface area contributed by atoms with Gasteiger partial charge in [0, 0.05) is 5.02 Å². The van der Waals surface area contributed by atoms with E-state index in [0.29, 0.717) is 16.2 Å². The molecule has 0 bridgehead atoms. The van der Waals surface area contributed by atoms with Gasteiger partial charge in [-0.05, 0) is 28.8 Å². The van der Waals surface area contributed by atoms with Crippen LogP contribution in [0, 0.1) is 0 Å². The van der Waals surface area contributed by atoms with Crippen molar-refractivity contribution in [2.75, 3.05) is 0 Å². The Kier molecular flexibility index (Phi) is 4.61. The predicted molar refractivity (Wildman–Crippen MR) is 107 cm³/mol. The van der Waals surface area contributed by atoms with Gasteiger partial charge in [0.2, 0.25) is 0 Å². The van der Waals surface area contributed by atoms with Crippen LogP contribution in [0.25, 0.3) is 11.1 Å². The lowest BCUT2D eigenvalue weighted by molar-refractivity contribution is -0.136. The van der Waals surface area contributed by atoms with Crippen LogP contribution in [-0.2, 0) is 16.1 Å². The number of carbonyl (C=O) groups excluding carboxylic acids is 2. The van der Waals surface area contributed by atoms with Crippen molar-refractivity contribution in [2.24, 2.45) is 0 Å². The van der Waals surface area contributed by atoms with Gasteiger partial charge in [0.15, 0.2) is 0 Å². The van der Waals surface area contributed by atoms with Crippen molar-refractivity contribution in [1.29, 1.82) is 0 Å². The molecule has 4 rings (SSSR count). The second-order valence-corrected chi connectivity index (χ2v) is 6.74. The number of rotatable bonds is 4. The van der Waals surface area contributed by atoms with Crippen LogP contribution in [0.3, 0.4) is 0 Å². The van der Waals surface area contributed by atoms with Crippen molar-refractivity contribution in [2.45, 2.75) is 6.54 Å². The molecule has 4 heteroatoms. The average molecular weight is 374 g/mol. The van der Waals surface area contributed by atoms with E-state index < -0.39 is 0 Å². The highest BCUT2D eigenvalue weighted by atomic mass is 35.5. The third-order valence-corrected chi connectivity index (χ3v) is 4.80. The van der Waals surface area contributed by atoms with Crippen LogP contribution in [0.15, 0.2) is 84.9 Å². The normalized spacial score (nSPS) is 14.2. The van der Waals surface area contributed by atoms with E-state index in [-0.39, 0.29) is 18.4 Å². The van der Waals surface area contributed by atoms with Gasteiger partial charge in [-0.2, -0.15) is 0 Å². The van der Waals surface area contributed by atoms with Gasteiger partial charge in [-0.25, -0.2) is 0 Å². The second kappa shape index (κ2) is 7.22. The molecule has 132 valence electrons. The Morgan fingerprint density at radius 2 is 1.07 bits per heavy atom. The Balaban J connectivity index is 1.79. The summed E-state index contributed by atoms with van der Waals surface area (Å²) < 4.78 is 0. The van der Waals surface area contributed by atoms with E-state index in [1.54, 1.807) is 12.1 Å². The molecule has 0 saturated heterocycles. The molecule has 0 unspecified atom stereocenters. The number of halogens is 1. The van der Waals surface area contributed by atoms with Crippen LogP contribution in [0.4, 0.5) is 0 Å². The first-order chi connectivity index (χ1) is 13.1. The van der Waals surface area contributed by atoms with Crippen LogP contribution in [0.1, 0.15) is 16.7 Å². The Morgan fingerprint density at radius 1 is 0.630 bits per heavy atom. The van der Waals surface area contributed by atoms with Crippen molar-refractivity contribution >= 4 is 34.6 Å². The molecule has 0 spiro atoms. The van der Waals surface area contributed by atoms with E-state index in [1.165, 1.54) is 4.90 Å². The standard InChI is InChI=1S/C23H16ClNO2/c24-19-13-11-16(12-14-19)15-25-22(26)20(17-7-3-1-4-8-17)21(23(25)27)18-9-5-2-6-10-18/h1-14H,15H2. The lowest BCUT2D eigenvalue weighted by Gasteiger charge is -2.15. The monoisotopic (exact) mass is 373 g/mol. The SMILES string of the molecule is O=C1C(c2ccccc2)=C(c2ccccc2)C(=O)N1Cc1ccc(Cl)cc1. The van der Waals surface area contributed by atoms with Crippen LogP contribution < -0.4 is 0 Å². The fraction of sp³-hybridized carbons (Fsp3) is 0.0435. The Labute approximate surface area is 162 Å². The fourth-order valence-electron chi connectivity index (χ4n) is 3.24. The Morgan fingerprint density at radius 3 is 1.52 bits per heavy atom. The van der Waals surface area contributed by atoms with Gasteiger partial charge in [0.25, 0.3) is 11.8 Å². The van der Waals surface area contributed by atoms with Gasteiger partial charge in [-0.3, -0.25) is 14.5 Å². The third kappa shape index (κ3) is 3.29. The lowest BCUT2D eigenvalue weighted by atomic mass is 9.96. The molecule has 0 saturated carbocycles. The minimum atomic E-state index is -0.278. The van der Waals surface area contributed by atoms with Gasteiger partial charge in [0.05, 0.1) is 17.7 Å². The number of nitrogens with zero attached hydrogens (tertiary/aromatic N) is 1. The van der Waals surface area contributed by atoms with Crippen LogP contribution in [-0.4, -0.2) is 16.7 Å². The first-order valence-electron chi connectivity index (χ1n) is 8.61. The van der Waals surface area contributed by atoms with Crippen molar-refractivity contribution in [3.05, 3.63) is 107 Å². The minimum absolute atomic E-state index is 0.210. The van der Waals surface area contributed by atoms with E-state index in [9.17, 15) is 9.59 Å². The number of carbonyl (C=O) groups is 2. The summed E-state index contributed by atoms with van der Waals surface area (Å²) in [5, 5.41) is 0.617. The van der Waals surface area contributed by atoms with E-state index in [4.69, 9.17) is 11.6 Å². The largest absolute Gasteiger partial charge is 0.270 e. The third-order valence-electron chi connectivity index (χ3n) is 4.55. The summed E-state index contributed by atoms with van der Waals surface area (Å²) >= 11 is 5.94. The van der Waals surface area contributed by atoms with E-state index in [0.717, 1.165) is 16.7 Å². The van der Waals surface area contributed by atoms with E-state index in [1.807, 2.05) is 72.8 Å². The maximum absolute atomic E-state index is 13.2. The molecule has 2 amide bonds. The lowest BCUT2D eigenvalue weighted by Crippen LogP contribution is -2.30. The zero-order valence-electron chi connectivity index (χ0n) is 14.4. The molecule has 1 heterocycles. The number of benzene rings is 3. The molecule has 0 fully saturated rings. The van der Waals surface area contributed by atoms with Crippen LogP contribution in [0.5, 0.6) is 0 Å². The predicted octanol–water partition coefficient (Wildman–Crippen LogP) is 4.82. The molecule has 0 atom stereocenters. The molecule has 3 aromatic carbocycles. The molecular weight excluding hydrogens is 358 g/mol. The van der Waals surface area contributed by atoms with Crippen molar-refractivity contribution in [3.8, 4) is 0 Å². The van der Waals surface area contributed by atoms with Gasteiger partial charge in [0.1, 0.15) is 0 Å². The van der Waals surface area contributed by atoms with Gasteiger partial charge in [-0.1, -0.05) is 84.4 Å². The number of imide groups is 1. The highest BCUT2D eigenvalue weighted by molar-refractivity contribution is 6.48. The molecule has 1 aliphatic rings. The average Bonchev–Trinajstić information content (AvgIpc) is 2.95. The van der Waals surface area contributed by atoms with E-state index in [2.05, 4.69) is 0 Å². The molecule has 3 aromatic rings.